The molecule has 17 heavy (non-hydrogen) atoms. The van der Waals surface area contributed by atoms with Crippen LogP contribution in [0.3, 0.4) is 0 Å². The zero-order chi connectivity index (χ0) is 13.2. The van der Waals surface area contributed by atoms with E-state index in [9.17, 15) is 9.59 Å². The second kappa shape index (κ2) is 5.07. The van der Waals surface area contributed by atoms with Crippen LogP contribution in [0.4, 0.5) is 0 Å². The summed E-state index contributed by atoms with van der Waals surface area (Å²) < 4.78 is 0. The third-order valence-corrected chi connectivity index (χ3v) is 3.33. The maximum atomic E-state index is 12.5. The maximum Gasteiger partial charge on any atom is 0.245 e. The fourth-order valence-corrected chi connectivity index (χ4v) is 2.54. The zero-order valence-corrected chi connectivity index (χ0v) is 11.6. The lowest BCUT2D eigenvalue weighted by molar-refractivity contribution is -0.146. The standard InChI is InChI=1S/C13H24N2O2/c1-6-15(13(3,4)5)12(17)11-8-7-9-14(11)10(2)16/h11H,6-9H2,1-5H3. The molecule has 0 bridgehead atoms. The van der Waals surface area contributed by atoms with Crippen molar-refractivity contribution < 1.29 is 9.59 Å². The van der Waals surface area contributed by atoms with Crippen molar-refractivity contribution in [3.8, 4) is 0 Å². The third-order valence-electron chi connectivity index (χ3n) is 3.33. The monoisotopic (exact) mass is 240 g/mol. The molecular weight excluding hydrogens is 216 g/mol. The highest BCUT2D eigenvalue weighted by atomic mass is 16.2. The highest BCUT2D eigenvalue weighted by Crippen LogP contribution is 2.23. The number of nitrogens with zero attached hydrogens (tertiary/aromatic N) is 2. The van der Waals surface area contributed by atoms with E-state index >= 15 is 0 Å². The molecule has 1 heterocycles. The average molecular weight is 240 g/mol. The molecule has 98 valence electrons. The minimum Gasteiger partial charge on any atom is -0.336 e. The molecule has 0 N–H and O–H groups in total. The normalized spacial score (nSPS) is 20.5. The molecule has 4 nitrogen and oxygen atoms in total. The first-order chi connectivity index (χ1) is 7.79. The number of amides is 2. The molecule has 1 atom stereocenters. The predicted molar refractivity (Wildman–Crippen MR) is 67.5 cm³/mol. The molecule has 0 aromatic carbocycles. The summed E-state index contributed by atoms with van der Waals surface area (Å²) in [6.45, 7) is 11.0. The maximum absolute atomic E-state index is 12.5. The lowest BCUT2D eigenvalue weighted by Gasteiger charge is -2.38. The Bertz CT molecular complexity index is 307. The van der Waals surface area contributed by atoms with Gasteiger partial charge in [-0.2, -0.15) is 0 Å². The number of likely N-dealkylation sites (tertiary alicyclic amines) is 1. The summed E-state index contributed by atoms with van der Waals surface area (Å²) >= 11 is 0. The van der Waals surface area contributed by atoms with Crippen molar-refractivity contribution in [3.05, 3.63) is 0 Å². The van der Waals surface area contributed by atoms with Crippen molar-refractivity contribution in [2.24, 2.45) is 0 Å². The van der Waals surface area contributed by atoms with E-state index in [1.807, 2.05) is 32.6 Å². The molecule has 0 spiro atoms. The molecule has 1 aliphatic rings. The molecule has 2 amide bonds. The average Bonchev–Trinajstić information content (AvgIpc) is 2.64. The molecule has 0 radical (unpaired) electrons. The van der Waals surface area contributed by atoms with Crippen LogP contribution in [-0.4, -0.2) is 46.3 Å². The summed E-state index contributed by atoms with van der Waals surface area (Å²) in [6.07, 6.45) is 1.72. The minimum absolute atomic E-state index is 0.00538. The Morgan fingerprint density at radius 3 is 2.35 bits per heavy atom. The summed E-state index contributed by atoms with van der Waals surface area (Å²) in [5.41, 5.74) is -0.184. The van der Waals surface area contributed by atoms with Crippen molar-refractivity contribution in [1.29, 1.82) is 0 Å². The van der Waals surface area contributed by atoms with Gasteiger partial charge >= 0.3 is 0 Å². The van der Waals surface area contributed by atoms with Gasteiger partial charge in [0.2, 0.25) is 11.8 Å². The van der Waals surface area contributed by atoms with E-state index in [1.165, 1.54) is 0 Å². The summed E-state index contributed by atoms with van der Waals surface area (Å²) in [5.74, 6) is 0.0958. The zero-order valence-electron chi connectivity index (χ0n) is 11.6. The van der Waals surface area contributed by atoms with Crippen molar-refractivity contribution in [2.45, 2.75) is 59.0 Å². The van der Waals surface area contributed by atoms with E-state index in [-0.39, 0.29) is 23.4 Å². The lowest BCUT2D eigenvalue weighted by Crippen LogP contribution is -2.53. The largest absolute Gasteiger partial charge is 0.336 e. The van der Waals surface area contributed by atoms with Gasteiger partial charge < -0.3 is 9.80 Å². The van der Waals surface area contributed by atoms with Crippen LogP contribution in [0.5, 0.6) is 0 Å². The van der Waals surface area contributed by atoms with Crippen LogP contribution in [0.2, 0.25) is 0 Å². The molecular formula is C13H24N2O2. The van der Waals surface area contributed by atoms with Crippen LogP contribution in [0, 0.1) is 0 Å². The van der Waals surface area contributed by atoms with E-state index in [2.05, 4.69) is 0 Å². The van der Waals surface area contributed by atoms with Crippen LogP contribution >= 0.6 is 0 Å². The predicted octanol–water partition coefficient (Wildman–Crippen LogP) is 1.64. The number of likely N-dealkylation sites (N-methyl/N-ethyl adjacent to an activating group) is 1. The molecule has 1 unspecified atom stereocenters. The van der Waals surface area contributed by atoms with E-state index in [1.54, 1.807) is 11.8 Å². The second-order valence-electron chi connectivity index (χ2n) is 5.62. The summed E-state index contributed by atoms with van der Waals surface area (Å²) in [5, 5.41) is 0. The van der Waals surface area contributed by atoms with Crippen molar-refractivity contribution in [3.63, 3.8) is 0 Å². The Labute approximate surface area is 104 Å². The molecule has 1 rings (SSSR count). The van der Waals surface area contributed by atoms with Gasteiger partial charge in [0.15, 0.2) is 0 Å². The quantitative estimate of drug-likeness (QED) is 0.736. The topological polar surface area (TPSA) is 40.6 Å². The van der Waals surface area contributed by atoms with E-state index in [4.69, 9.17) is 0 Å². The van der Waals surface area contributed by atoms with Gasteiger partial charge in [0.25, 0.3) is 0 Å². The van der Waals surface area contributed by atoms with E-state index in [0.717, 1.165) is 12.8 Å². The van der Waals surface area contributed by atoms with Crippen molar-refractivity contribution in [1.82, 2.24) is 9.80 Å². The Hall–Kier alpha value is -1.06. The first-order valence-electron chi connectivity index (χ1n) is 6.37. The fourth-order valence-electron chi connectivity index (χ4n) is 2.54. The highest BCUT2D eigenvalue weighted by Gasteiger charge is 2.37. The number of hydrogen-bond acceptors (Lipinski definition) is 2. The van der Waals surface area contributed by atoms with Crippen LogP contribution in [-0.2, 0) is 9.59 Å². The Kier molecular flexibility index (Phi) is 4.17. The summed E-state index contributed by atoms with van der Waals surface area (Å²) in [7, 11) is 0. The summed E-state index contributed by atoms with van der Waals surface area (Å²) in [4.78, 5) is 27.5. The number of hydrogen-bond donors (Lipinski definition) is 0. The van der Waals surface area contributed by atoms with Crippen LogP contribution < -0.4 is 0 Å². The van der Waals surface area contributed by atoms with Crippen LogP contribution in [0.1, 0.15) is 47.5 Å². The highest BCUT2D eigenvalue weighted by molar-refractivity contribution is 5.87. The van der Waals surface area contributed by atoms with Crippen LogP contribution in [0.15, 0.2) is 0 Å². The SMILES string of the molecule is CCN(C(=O)C1CCCN1C(C)=O)C(C)(C)C. The van der Waals surface area contributed by atoms with Crippen molar-refractivity contribution >= 4 is 11.8 Å². The molecule has 0 aromatic rings. The Balaban J connectivity index is 2.84. The first kappa shape index (κ1) is 14.0. The lowest BCUT2D eigenvalue weighted by atomic mass is 10.0. The van der Waals surface area contributed by atoms with Gasteiger partial charge in [-0.3, -0.25) is 9.59 Å². The molecule has 1 saturated heterocycles. The van der Waals surface area contributed by atoms with E-state index < -0.39 is 0 Å². The van der Waals surface area contributed by atoms with Gasteiger partial charge in [0.1, 0.15) is 6.04 Å². The van der Waals surface area contributed by atoms with Gasteiger partial charge in [0.05, 0.1) is 0 Å². The number of carbonyl (C=O) groups is 2. The Morgan fingerprint density at radius 2 is 1.94 bits per heavy atom. The first-order valence-corrected chi connectivity index (χ1v) is 6.37. The number of rotatable bonds is 2. The third kappa shape index (κ3) is 2.99. The van der Waals surface area contributed by atoms with Gasteiger partial charge in [-0.05, 0) is 40.5 Å². The summed E-state index contributed by atoms with van der Waals surface area (Å²) in [6, 6.07) is -0.244. The molecule has 0 saturated carbocycles. The van der Waals surface area contributed by atoms with Gasteiger partial charge in [0, 0.05) is 25.6 Å². The van der Waals surface area contributed by atoms with E-state index in [0.29, 0.717) is 13.1 Å². The number of carbonyl (C=O) groups excluding carboxylic acids is 2. The fraction of sp³-hybridized carbons (Fsp3) is 0.846. The van der Waals surface area contributed by atoms with Gasteiger partial charge in [-0.15, -0.1) is 0 Å². The van der Waals surface area contributed by atoms with Gasteiger partial charge in [-0.25, -0.2) is 0 Å². The van der Waals surface area contributed by atoms with Crippen molar-refractivity contribution in [2.75, 3.05) is 13.1 Å². The van der Waals surface area contributed by atoms with Gasteiger partial charge in [-0.1, -0.05) is 0 Å². The molecule has 4 heteroatoms. The molecule has 1 aliphatic heterocycles. The molecule has 0 aliphatic carbocycles. The Morgan fingerprint density at radius 1 is 1.35 bits per heavy atom. The van der Waals surface area contributed by atoms with Crippen LogP contribution in [0.25, 0.3) is 0 Å². The molecule has 1 fully saturated rings. The second-order valence-corrected chi connectivity index (χ2v) is 5.62. The minimum atomic E-state index is -0.244. The smallest absolute Gasteiger partial charge is 0.245 e. The molecule has 0 aromatic heterocycles.